The smallest absolute Gasteiger partial charge is 0.425 e. The van der Waals surface area contributed by atoms with Gasteiger partial charge in [0.05, 0.1) is 23.6 Å². The Morgan fingerprint density at radius 1 is 0.979 bits per heavy atom. The summed E-state index contributed by atoms with van der Waals surface area (Å²) < 4.78 is 27.0. The maximum absolute atomic E-state index is 14.0. The molecule has 14 heteroatoms. The minimum absolute atomic E-state index is 0.0245. The summed E-state index contributed by atoms with van der Waals surface area (Å²) in [4.78, 5) is 55.2. The number of anilines is 1. The number of carboxylic acid groups (broad SMARTS) is 1. The lowest BCUT2D eigenvalue weighted by Crippen LogP contribution is -2.44. The van der Waals surface area contributed by atoms with Gasteiger partial charge in [-0.05, 0) is 71.9 Å². The Kier molecular flexibility index (Phi) is 8.31. The van der Waals surface area contributed by atoms with Gasteiger partial charge in [0.2, 0.25) is 0 Å². The Morgan fingerprint density at radius 2 is 1.69 bits per heavy atom. The molecule has 1 saturated heterocycles. The molecular weight excluding hydrogens is 639 g/mol. The van der Waals surface area contributed by atoms with E-state index in [0.717, 1.165) is 11.3 Å². The lowest BCUT2D eigenvalue weighted by molar-refractivity contribution is 0.0429. The number of carbonyl (C=O) groups is 3. The highest BCUT2D eigenvalue weighted by atomic mass is 32.1. The van der Waals surface area contributed by atoms with E-state index >= 15 is 0 Å². The van der Waals surface area contributed by atoms with E-state index in [4.69, 9.17) is 14.5 Å². The predicted octanol–water partition coefficient (Wildman–Crippen LogP) is 8.30. The first-order chi connectivity index (χ1) is 22.6. The summed E-state index contributed by atoms with van der Waals surface area (Å²) in [5.74, 6) is -0.449. The van der Waals surface area contributed by atoms with Crippen LogP contribution >= 0.6 is 11.3 Å². The summed E-state index contributed by atoms with van der Waals surface area (Å²) in [7, 11) is 0. The molecule has 5 aromatic rings. The number of hydrogen-bond donors (Lipinski definition) is 1. The van der Waals surface area contributed by atoms with Crippen LogP contribution in [0.5, 0.6) is 0 Å². The van der Waals surface area contributed by atoms with Gasteiger partial charge in [0, 0.05) is 46.9 Å². The number of thiazole rings is 1. The predicted molar refractivity (Wildman–Crippen MR) is 179 cm³/mol. The van der Waals surface area contributed by atoms with E-state index in [2.05, 4.69) is 9.97 Å². The number of halogens is 1. The van der Waals surface area contributed by atoms with E-state index in [1.165, 1.54) is 34.6 Å². The first kappa shape index (κ1) is 32.8. The summed E-state index contributed by atoms with van der Waals surface area (Å²) in [6.45, 7) is 10.6. The summed E-state index contributed by atoms with van der Waals surface area (Å²) in [6, 6.07) is 7.74. The van der Waals surface area contributed by atoms with Gasteiger partial charge in [-0.1, -0.05) is 12.1 Å². The third kappa shape index (κ3) is 6.52. The van der Waals surface area contributed by atoms with Gasteiger partial charge >= 0.3 is 18.3 Å². The molecule has 12 nitrogen and oxygen atoms in total. The lowest BCUT2D eigenvalue weighted by Gasteiger charge is -2.28. The van der Waals surface area contributed by atoms with Crippen molar-refractivity contribution in [2.75, 3.05) is 11.4 Å². The number of imide groups is 1. The van der Waals surface area contributed by atoms with E-state index < -0.39 is 35.3 Å². The van der Waals surface area contributed by atoms with Crippen LogP contribution in [-0.4, -0.2) is 65.4 Å². The molecule has 0 aliphatic carbocycles. The molecule has 1 unspecified atom stereocenters. The van der Waals surface area contributed by atoms with Gasteiger partial charge in [0.15, 0.2) is 5.82 Å². The van der Waals surface area contributed by atoms with Crippen molar-refractivity contribution >= 4 is 51.9 Å². The standard InChI is InChI=1S/C34H35FN6O6S/c1-33(2,3)46-31(44)41(32(45)47-34(4,5)6)28-22-14-19(26-17-36-27-15-20(35)11-13-39(26)27)9-10-21(22)23(16-37-28)29-38-24(18-48-29)25-8-7-12-40(25)30(42)43/h9-11,13-18,25H,7-8,12H2,1-6H3,(H,42,43). The zero-order valence-corrected chi connectivity index (χ0v) is 28.2. The molecule has 0 saturated carbocycles. The first-order valence-electron chi connectivity index (χ1n) is 15.4. The highest BCUT2D eigenvalue weighted by Gasteiger charge is 2.36. The highest BCUT2D eigenvalue weighted by molar-refractivity contribution is 7.13. The molecule has 6 rings (SSSR count). The van der Waals surface area contributed by atoms with E-state index in [-0.39, 0.29) is 11.9 Å². The fraction of sp³-hybridized carbons (Fsp3) is 0.353. The number of imidazole rings is 1. The molecular formula is C34H35FN6O6S. The average Bonchev–Trinajstić information content (AvgIpc) is 3.74. The zero-order valence-electron chi connectivity index (χ0n) is 27.4. The van der Waals surface area contributed by atoms with Crippen LogP contribution in [0.3, 0.4) is 0 Å². The second kappa shape index (κ2) is 12.2. The zero-order chi connectivity index (χ0) is 34.5. The minimum atomic E-state index is -0.990. The number of pyridine rings is 2. The monoisotopic (exact) mass is 674 g/mol. The van der Waals surface area contributed by atoms with Crippen molar-refractivity contribution in [2.24, 2.45) is 0 Å². The summed E-state index contributed by atoms with van der Waals surface area (Å²) in [6.07, 6.45) is 3.18. The molecule has 1 N–H and O–H groups in total. The third-order valence-electron chi connectivity index (χ3n) is 7.59. The number of aromatic nitrogens is 4. The fourth-order valence-corrected chi connectivity index (χ4v) is 6.52. The van der Waals surface area contributed by atoms with Crippen LogP contribution in [-0.2, 0) is 9.47 Å². The SMILES string of the molecule is CC(C)(C)OC(=O)N(C(=O)OC(C)(C)C)c1ncc(-c2nc(C3CCCN3C(=O)O)cs2)c2ccc(-c3cnc4cc(F)ccn34)cc12. The van der Waals surface area contributed by atoms with Crippen molar-refractivity contribution in [1.82, 2.24) is 24.3 Å². The molecule has 1 fully saturated rings. The van der Waals surface area contributed by atoms with Gasteiger partial charge in [0.25, 0.3) is 0 Å². The van der Waals surface area contributed by atoms with Crippen LogP contribution in [0.15, 0.2) is 54.3 Å². The Bertz CT molecular complexity index is 2030. The molecule has 5 heterocycles. The van der Waals surface area contributed by atoms with Gasteiger partial charge in [-0.3, -0.25) is 9.30 Å². The Hall–Kier alpha value is -5.11. The van der Waals surface area contributed by atoms with Crippen molar-refractivity contribution in [3.05, 3.63) is 65.8 Å². The number of carbonyl (C=O) groups excluding carboxylic acids is 2. The molecule has 250 valence electrons. The number of benzene rings is 1. The summed E-state index contributed by atoms with van der Waals surface area (Å²) in [5, 5.41) is 13.2. The van der Waals surface area contributed by atoms with Crippen molar-refractivity contribution < 1.29 is 33.4 Å². The van der Waals surface area contributed by atoms with Crippen molar-refractivity contribution in [3.8, 4) is 21.8 Å². The number of hydrogen-bond acceptors (Lipinski definition) is 9. The molecule has 1 aromatic carbocycles. The highest BCUT2D eigenvalue weighted by Crippen LogP contribution is 2.40. The van der Waals surface area contributed by atoms with Gasteiger partial charge in [0.1, 0.15) is 27.7 Å². The van der Waals surface area contributed by atoms with E-state index in [0.29, 0.717) is 56.9 Å². The van der Waals surface area contributed by atoms with Gasteiger partial charge in [-0.15, -0.1) is 11.3 Å². The molecule has 1 aliphatic heterocycles. The van der Waals surface area contributed by atoms with Gasteiger partial charge in [-0.25, -0.2) is 33.7 Å². The van der Waals surface area contributed by atoms with Crippen molar-refractivity contribution in [3.63, 3.8) is 0 Å². The van der Waals surface area contributed by atoms with Gasteiger partial charge in [-0.2, -0.15) is 4.90 Å². The van der Waals surface area contributed by atoms with Crippen LogP contribution in [0, 0.1) is 5.82 Å². The second-order valence-corrected chi connectivity index (χ2v) is 14.3. The van der Waals surface area contributed by atoms with Crippen molar-refractivity contribution in [1.29, 1.82) is 0 Å². The molecule has 3 amide bonds. The summed E-state index contributed by atoms with van der Waals surface area (Å²) >= 11 is 1.35. The number of rotatable bonds is 4. The van der Waals surface area contributed by atoms with Crippen LogP contribution < -0.4 is 4.90 Å². The van der Waals surface area contributed by atoms with E-state index in [1.54, 1.807) is 64.4 Å². The summed E-state index contributed by atoms with van der Waals surface area (Å²) in [5.41, 5.74) is 1.07. The number of amides is 3. The lowest BCUT2D eigenvalue weighted by atomic mass is 10.0. The molecule has 0 spiro atoms. The Labute approximate surface area is 279 Å². The second-order valence-electron chi connectivity index (χ2n) is 13.5. The quantitative estimate of drug-likeness (QED) is 0.199. The normalized spacial score (nSPS) is 15.2. The molecule has 1 atom stereocenters. The molecule has 0 bridgehead atoms. The number of likely N-dealkylation sites (tertiary alicyclic amines) is 1. The molecule has 4 aromatic heterocycles. The van der Waals surface area contributed by atoms with E-state index in [1.807, 2.05) is 17.5 Å². The topological polar surface area (TPSA) is 139 Å². The maximum Gasteiger partial charge on any atom is 0.425 e. The molecule has 1 aliphatic rings. The van der Waals surface area contributed by atoms with Gasteiger partial charge < -0.3 is 14.6 Å². The van der Waals surface area contributed by atoms with Crippen LogP contribution in [0.1, 0.15) is 66.1 Å². The maximum atomic E-state index is 14.0. The largest absolute Gasteiger partial charge is 0.465 e. The number of fused-ring (bicyclic) bond motifs is 2. The van der Waals surface area contributed by atoms with Crippen LogP contribution in [0.2, 0.25) is 0 Å². The van der Waals surface area contributed by atoms with Crippen molar-refractivity contribution in [2.45, 2.75) is 71.6 Å². The number of ether oxygens (including phenoxy) is 2. The third-order valence-corrected chi connectivity index (χ3v) is 8.49. The van der Waals surface area contributed by atoms with E-state index in [9.17, 15) is 23.9 Å². The van der Waals surface area contributed by atoms with Crippen LogP contribution in [0.25, 0.3) is 38.2 Å². The molecule has 0 radical (unpaired) electrons. The van der Waals surface area contributed by atoms with Crippen LogP contribution in [0.4, 0.5) is 24.6 Å². The molecule has 48 heavy (non-hydrogen) atoms. The first-order valence-corrected chi connectivity index (χ1v) is 16.2. The average molecular weight is 675 g/mol. The number of nitrogens with zero attached hydrogens (tertiary/aromatic N) is 6. The Morgan fingerprint density at radius 3 is 2.35 bits per heavy atom. The minimum Gasteiger partial charge on any atom is -0.465 e. The fourth-order valence-electron chi connectivity index (χ4n) is 5.63. The Balaban J connectivity index is 1.55.